The van der Waals surface area contributed by atoms with E-state index in [0.717, 1.165) is 84.9 Å². The molecular formula is C30H30F2N6O. The molecule has 39 heavy (non-hydrogen) atoms. The molecule has 3 aromatic heterocycles. The van der Waals surface area contributed by atoms with Crippen molar-refractivity contribution in [1.29, 1.82) is 0 Å². The fourth-order valence-corrected chi connectivity index (χ4v) is 4.78. The second kappa shape index (κ2) is 12.2. The Morgan fingerprint density at radius 1 is 1.13 bits per heavy atom. The Hall–Kier alpha value is -4.08. The molecule has 7 nitrogen and oxygen atoms in total. The highest BCUT2D eigenvalue weighted by Gasteiger charge is 2.18. The molecule has 1 aliphatic rings. The normalized spacial score (nSPS) is 15.4. The zero-order chi connectivity index (χ0) is 27.2. The summed E-state index contributed by atoms with van der Waals surface area (Å²) >= 11 is 0. The Labute approximate surface area is 226 Å². The number of aromatic nitrogens is 3. The van der Waals surface area contributed by atoms with E-state index >= 15 is 0 Å². The molecule has 2 N–H and O–H groups in total. The van der Waals surface area contributed by atoms with Crippen LogP contribution < -0.4 is 5.73 Å². The molecule has 0 spiro atoms. The molecule has 1 fully saturated rings. The number of halogens is 2. The van der Waals surface area contributed by atoms with Gasteiger partial charge in [0.05, 0.1) is 18.3 Å². The summed E-state index contributed by atoms with van der Waals surface area (Å²) in [4.78, 5) is 20.5. The Morgan fingerprint density at radius 3 is 2.77 bits per heavy atom. The van der Waals surface area contributed by atoms with Crippen molar-refractivity contribution in [1.82, 2.24) is 19.9 Å². The number of piperidine rings is 1. The molecule has 0 aliphatic carbocycles. The van der Waals surface area contributed by atoms with Gasteiger partial charge in [0.15, 0.2) is 5.65 Å². The van der Waals surface area contributed by atoms with Crippen molar-refractivity contribution < 1.29 is 13.5 Å². The van der Waals surface area contributed by atoms with Crippen molar-refractivity contribution in [3.8, 4) is 22.4 Å². The van der Waals surface area contributed by atoms with Crippen LogP contribution in [0.5, 0.6) is 0 Å². The minimum absolute atomic E-state index is 0.0656. The van der Waals surface area contributed by atoms with Crippen molar-refractivity contribution in [2.45, 2.75) is 18.9 Å². The van der Waals surface area contributed by atoms with Gasteiger partial charge in [0.25, 0.3) is 0 Å². The van der Waals surface area contributed by atoms with E-state index in [-0.39, 0.29) is 17.3 Å². The van der Waals surface area contributed by atoms with Gasteiger partial charge in [-0.15, -0.1) is 0 Å². The first-order valence-electron chi connectivity index (χ1n) is 12.9. The van der Waals surface area contributed by atoms with Gasteiger partial charge in [-0.2, -0.15) is 0 Å². The van der Waals surface area contributed by atoms with Gasteiger partial charge in [0.1, 0.15) is 11.6 Å². The van der Waals surface area contributed by atoms with Gasteiger partial charge in [0.2, 0.25) is 0 Å². The minimum atomic E-state index is -0.564. The number of aliphatic imine (C=N–C) groups is 1. The smallest absolute Gasteiger partial charge is 0.160 e. The molecule has 0 unspecified atom stereocenters. The minimum Gasteiger partial charge on any atom is -0.404 e. The van der Waals surface area contributed by atoms with Crippen molar-refractivity contribution in [2.24, 2.45) is 10.7 Å². The molecule has 0 radical (unpaired) electrons. The van der Waals surface area contributed by atoms with Crippen molar-refractivity contribution in [2.75, 3.05) is 33.4 Å². The highest BCUT2D eigenvalue weighted by Crippen LogP contribution is 2.33. The summed E-state index contributed by atoms with van der Waals surface area (Å²) in [5.41, 5.74) is 9.84. The molecule has 0 saturated carbocycles. The van der Waals surface area contributed by atoms with Gasteiger partial charge in [-0.25, -0.2) is 18.7 Å². The number of pyridine rings is 3. The first kappa shape index (κ1) is 26.5. The summed E-state index contributed by atoms with van der Waals surface area (Å²) in [6.07, 6.45) is 10.4. The largest absolute Gasteiger partial charge is 0.404 e. The zero-order valence-electron chi connectivity index (χ0n) is 21.7. The van der Waals surface area contributed by atoms with E-state index in [1.54, 1.807) is 31.8 Å². The second-order valence-corrected chi connectivity index (χ2v) is 9.48. The second-order valence-electron chi connectivity index (χ2n) is 9.48. The number of allylic oxidation sites excluding steroid dienone is 1. The maximum atomic E-state index is 14.6. The van der Waals surface area contributed by atoms with E-state index in [1.807, 2.05) is 24.4 Å². The van der Waals surface area contributed by atoms with Gasteiger partial charge < -0.3 is 15.4 Å². The van der Waals surface area contributed by atoms with Crippen LogP contribution in [0.15, 0.2) is 72.2 Å². The van der Waals surface area contributed by atoms with Crippen LogP contribution in [0.3, 0.4) is 0 Å². The SMILES string of the molecule is COCCN1CCC(N=CC(=CN)c2cncc(-c3cc(-c4cc(F)ccc4F)nc4ncccc34)c2)CC1. The molecule has 4 aromatic rings. The molecule has 0 amide bonds. The number of likely N-dealkylation sites (tertiary alicyclic amines) is 1. The van der Waals surface area contributed by atoms with Crippen LogP contribution in [-0.2, 0) is 4.74 Å². The van der Waals surface area contributed by atoms with E-state index in [0.29, 0.717) is 5.65 Å². The van der Waals surface area contributed by atoms with E-state index in [4.69, 9.17) is 15.5 Å². The number of ether oxygens (including phenoxy) is 1. The molecule has 4 heterocycles. The van der Waals surface area contributed by atoms with Gasteiger partial charge in [-0.3, -0.25) is 9.98 Å². The summed E-state index contributed by atoms with van der Waals surface area (Å²) < 4.78 is 33.8. The van der Waals surface area contributed by atoms with Crippen LogP contribution in [0.4, 0.5) is 8.78 Å². The molecule has 0 bridgehead atoms. The number of rotatable bonds is 8. The lowest BCUT2D eigenvalue weighted by atomic mass is 9.98. The number of nitrogens with two attached hydrogens (primary N) is 1. The predicted molar refractivity (Wildman–Crippen MR) is 150 cm³/mol. The fraction of sp³-hybridized carbons (Fsp3) is 0.267. The molecule has 5 rings (SSSR count). The van der Waals surface area contributed by atoms with Crippen LogP contribution >= 0.6 is 0 Å². The monoisotopic (exact) mass is 528 g/mol. The van der Waals surface area contributed by atoms with E-state index in [2.05, 4.69) is 19.9 Å². The first-order valence-corrected chi connectivity index (χ1v) is 12.9. The van der Waals surface area contributed by atoms with Crippen molar-refractivity contribution in [3.63, 3.8) is 0 Å². The topological polar surface area (TPSA) is 89.5 Å². The van der Waals surface area contributed by atoms with Gasteiger partial charge in [-0.1, -0.05) is 0 Å². The highest BCUT2D eigenvalue weighted by atomic mass is 19.1. The average Bonchev–Trinajstić information content (AvgIpc) is 2.98. The molecule has 1 aliphatic heterocycles. The maximum Gasteiger partial charge on any atom is 0.160 e. The Balaban J connectivity index is 1.44. The van der Waals surface area contributed by atoms with E-state index in [1.165, 1.54) is 6.20 Å². The number of methoxy groups -OCH3 is 1. The van der Waals surface area contributed by atoms with E-state index < -0.39 is 11.6 Å². The molecule has 200 valence electrons. The van der Waals surface area contributed by atoms with E-state index in [9.17, 15) is 8.78 Å². The van der Waals surface area contributed by atoms with Crippen LogP contribution in [0.25, 0.3) is 39.0 Å². The molecule has 1 saturated heterocycles. The third-order valence-corrected chi connectivity index (χ3v) is 6.94. The van der Waals surface area contributed by atoms with Crippen molar-refractivity contribution in [3.05, 3.63) is 84.5 Å². The lowest BCUT2D eigenvalue weighted by Crippen LogP contribution is -2.37. The zero-order valence-corrected chi connectivity index (χ0v) is 21.7. The fourth-order valence-electron chi connectivity index (χ4n) is 4.78. The number of nitrogens with zero attached hydrogens (tertiary/aromatic N) is 5. The summed E-state index contributed by atoms with van der Waals surface area (Å²) in [5.74, 6) is -1.11. The van der Waals surface area contributed by atoms with Crippen molar-refractivity contribution >= 4 is 22.8 Å². The lowest BCUT2D eigenvalue weighted by molar-refractivity contribution is 0.131. The predicted octanol–water partition coefficient (Wildman–Crippen LogP) is 5.12. The number of hydrogen-bond donors (Lipinski definition) is 1. The van der Waals surface area contributed by atoms with Gasteiger partial charge in [0, 0.05) is 85.4 Å². The maximum absolute atomic E-state index is 14.6. The molecule has 0 atom stereocenters. The van der Waals surface area contributed by atoms with Crippen LogP contribution in [0, 0.1) is 11.6 Å². The van der Waals surface area contributed by atoms with Gasteiger partial charge in [-0.05, 0) is 60.9 Å². The standard InChI is InChI=1S/C30H30F2N6O/c1-39-12-11-38-9-6-24(7-10-38)36-19-22(16-33)20-13-21(18-34-17-20)26-15-29(27-14-23(31)4-5-28(27)32)37-30-25(26)3-2-8-35-30/h2-5,8,13-19,24H,6-7,9-12,33H2,1H3. The third kappa shape index (κ3) is 6.16. The van der Waals surface area contributed by atoms with Crippen LogP contribution in [0.2, 0.25) is 0 Å². The van der Waals surface area contributed by atoms with Crippen LogP contribution in [0.1, 0.15) is 18.4 Å². The Bertz CT molecular complexity index is 1510. The Morgan fingerprint density at radius 2 is 1.97 bits per heavy atom. The quantitative estimate of drug-likeness (QED) is 0.320. The summed E-state index contributed by atoms with van der Waals surface area (Å²) in [5, 5.41) is 0.768. The average molecular weight is 529 g/mol. The molecule has 9 heteroatoms. The van der Waals surface area contributed by atoms with Crippen LogP contribution in [-0.4, -0.2) is 65.5 Å². The Kier molecular flexibility index (Phi) is 8.29. The third-order valence-electron chi connectivity index (χ3n) is 6.94. The molecular weight excluding hydrogens is 498 g/mol. The lowest BCUT2D eigenvalue weighted by Gasteiger charge is -2.29. The first-order chi connectivity index (χ1) is 19.1. The number of fused-ring (bicyclic) bond motifs is 1. The summed E-state index contributed by atoms with van der Waals surface area (Å²) in [6, 6.07) is 10.9. The summed E-state index contributed by atoms with van der Waals surface area (Å²) in [7, 11) is 1.72. The highest BCUT2D eigenvalue weighted by molar-refractivity contribution is 6.10. The molecule has 1 aromatic carbocycles. The summed E-state index contributed by atoms with van der Waals surface area (Å²) in [6.45, 7) is 3.65. The number of benzene rings is 1. The van der Waals surface area contributed by atoms with Gasteiger partial charge >= 0.3 is 0 Å². The number of hydrogen-bond acceptors (Lipinski definition) is 7.